The Bertz CT molecular complexity index is 94.9. The van der Waals surface area contributed by atoms with Crippen LogP contribution < -0.4 is 5.32 Å². The molecule has 1 heterocycles. The molecule has 1 fully saturated rings. The van der Waals surface area contributed by atoms with Crippen molar-refractivity contribution in [1.29, 1.82) is 0 Å². The zero-order valence-electron chi connectivity index (χ0n) is 3.79. The van der Waals surface area contributed by atoms with Crippen molar-refractivity contribution in [3.63, 3.8) is 0 Å². The van der Waals surface area contributed by atoms with E-state index in [0.29, 0.717) is 6.54 Å². The van der Waals surface area contributed by atoms with E-state index >= 15 is 0 Å². The topological polar surface area (TPSA) is 34.4 Å². The van der Waals surface area contributed by atoms with Gasteiger partial charge in [-0.3, -0.25) is 0 Å². The zero-order valence-corrected chi connectivity index (χ0v) is 6.22. The summed E-state index contributed by atoms with van der Waals surface area (Å²) in [7, 11) is 0. The SMILES string of the molecule is O=C1[N]CCN1[AsH2]. The van der Waals surface area contributed by atoms with Crippen molar-refractivity contribution in [2.75, 3.05) is 13.1 Å². The van der Waals surface area contributed by atoms with Gasteiger partial charge in [0.05, 0.1) is 0 Å². The molecule has 0 bridgehead atoms. The van der Waals surface area contributed by atoms with Gasteiger partial charge >= 0.3 is 50.1 Å². The predicted molar refractivity (Wildman–Crippen MR) is 27.6 cm³/mol. The summed E-state index contributed by atoms with van der Waals surface area (Å²) >= 11 is 1.33. The fourth-order valence-electron chi connectivity index (χ4n) is 0.440. The van der Waals surface area contributed by atoms with E-state index in [2.05, 4.69) is 5.32 Å². The molecule has 1 saturated heterocycles. The molecule has 39 valence electrons. The summed E-state index contributed by atoms with van der Waals surface area (Å²) < 4.78 is 1.66. The number of urea groups is 1. The van der Waals surface area contributed by atoms with Crippen molar-refractivity contribution in [1.82, 2.24) is 9.13 Å². The first kappa shape index (κ1) is 4.97. The van der Waals surface area contributed by atoms with E-state index in [1.807, 2.05) is 0 Å². The number of amides is 2. The minimum absolute atomic E-state index is 0.0556. The second-order valence-corrected chi connectivity index (χ2v) is 2.67. The molecule has 0 N–H and O–H groups in total. The zero-order chi connectivity index (χ0) is 5.28. The Labute approximate surface area is 50.8 Å². The molecule has 0 saturated carbocycles. The molecule has 1 rings (SSSR count). The average molecular weight is 161 g/mol. The van der Waals surface area contributed by atoms with E-state index in [9.17, 15) is 4.79 Å². The van der Waals surface area contributed by atoms with Gasteiger partial charge in [-0.25, -0.2) is 0 Å². The molecule has 1 aliphatic rings. The van der Waals surface area contributed by atoms with Crippen LogP contribution in [0.1, 0.15) is 0 Å². The van der Waals surface area contributed by atoms with Crippen molar-refractivity contribution in [3.05, 3.63) is 0 Å². The second-order valence-electron chi connectivity index (χ2n) is 1.36. The normalized spacial score (nSPS) is 20.1. The van der Waals surface area contributed by atoms with Crippen LogP contribution in [0, 0.1) is 0 Å². The molecule has 0 aliphatic carbocycles. The van der Waals surface area contributed by atoms with Crippen LogP contribution in [0.4, 0.5) is 4.79 Å². The van der Waals surface area contributed by atoms with Crippen molar-refractivity contribution in [2.24, 2.45) is 0 Å². The van der Waals surface area contributed by atoms with Crippen LogP contribution in [-0.4, -0.2) is 40.0 Å². The van der Waals surface area contributed by atoms with E-state index in [0.717, 1.165) is 6.54 Å². The van der Waals surface area contributed by atoms with E-state index in [4.69, 9.17) is 0 Å². The van der Waals surface area contributed by atoms with Crippen LogP contribution in [0.3, 0.4) is 0 Å². The van der Waals surface area contributed by atoms with Gasteiger partial charge in [0.1, 0.15) is 0 Å². The molecule has 1 unspecified atom stereocenters. The summed E-state index contributed by atoms with van der Waals surface area (Å²) in [5.74, 6) is 0. The third-order valence-corrected chi connectivity index (χ3v) is 1.84. The van der Waals surface area contributed by atoms with Gasteiger partial charge in [0.25, 0.3) is 0 Å². The van der Waals surface area contributed by atoms with Gasteiger partial charge in [-0.1, -0.05) is 0 Å². The molecule has 2 amide bonds. The Morgan fingerprint density at radius 1 is 1.86 bits per heavy atom. The fourth-order valence-corrected chi connectivity index (χ4v) is 0.853. The molecule has 1 radical (unpaired) electrons. The number of rotatable bonds is 0. The van der Waals surface area contributed by atoms with Crippen LogP contribution in [0.2, 0.25) is 0 Å². The van der Waals surface area contributed by atoms with E-state index < -0.39 is 0 Å². The number of carbonyl (C=O) groups is 1. The number of carbonyl (C=O) groups excluding carboxylic acids is 1. The maximum absolute atomic E-state index is 10.3. The van der Waals surface area contributed by atoms with Gasteiger partial charge in [-0.05, 0) is 0 Å². The maximum atomic E-state index is 10.3. The monoisotopic (exact) mass is 161 g/mol. The van der Waals surface area contributed by atoms with Gasteiger partial charge in [0.15, 0.2) is 0 Å². The summed E-state index contributed by atoms with van der Waals surface area (Å²) in [6.07, 6.45) is 0. The molecule has 7 heavy (non-hydrogen) atoms. The van der Waals surface area contributed by atoms with Gasteiger partial charge in [-0.15, -0.1) is 0 Å². The number of hydrogen-bond acceptors (Lipinski definition) is 1. The van der Waals surface area contributed by atoms with E-state index in [1.165, 1.54) is 17.1 Å². The van der Waals surface area contributed by atoms with Crippen LogP contribution in [-0.2, 0) is 0 Å². The Kier molecular flexibility index (Phi) is 1.24. The third-order valence-electron chi connectivity index (χ3n) is 0.834. The Morgan fingerprint density at radius 2 is 2.57 bits per heavy atom. The van der Waals surface area contributed by atoms with Gasteiger partial charge in [-0.2, -0.15) is 0 Å². The first-order valence-corrected chi connectivity index (χ1v) is 3.13. The van der Waals surface area contributed by atoms with Crippen molar-refractivity contribution in [2.45, 2.75) is 0 Å². The second kappa shape index (κ2) is 1.74. The number of hydrogen-bond donors (Lipinski definition) is 0. The van der Waals surface area contributed by atoms with Crippen LogP contribution >= 0.6 is 0 Å². The Balaban J connectivity index is 2.48. The van der Waals surface area contributed by atoms with Gasteiger partial charge in [0.2, 0.25) is 0 Å². The third kappa shape index (κ3) is 0.884. The molecule has 1 aliphatic heterocycles. The van der Waals surface area contributed by atoms with Crippen LogP contribution in [0.25, 0.3) is 0 Å². The first-order chi connectivity index (χ1) is 3.30. The summed E-state index contributed by atoms with van der Waals surface area (Å²) in [5, 5.41) is 3.62. The Hall–Kier alpha value is -0.172. The first-order valence-electron chi connectivity index (χ1n) is 2.04. The van der Waals surface area contributed by atoms with Crippen molar-refractivity contribution in [3.8, 4) is 0 Å². The standard InChI is InChI=1S/C3H6AsN2O/c4-6-2-1-5-3(6)7/h1-2,4H2. The molecule has 1 atom stereocenters. The predicted octanol–water partition coefficient (Wildman–Crippen LogP) is -1.43. The van der Waals surface area contributed by atoms with E-state index in [-0.39, 0.29) is 6.03 Å². The Morgan fingerprint density at radius 3 is 2.71 bits per heavy atom. The fraction of sp³-hybridized carbons (Fsp3) is 0.667. The molecule has 4 heteroatoms. The van der Waals surface area contributed by atoms with Crippen molar-refractivity contribution >= 4 is 23.1 Å². The molecule has 3 nitrogen and oxygen atoms in total. The molecule has 0 aromatic carbocycles. The van der Waals surface area contributed by atoms with E-state index in [1.54, 1.807) is 3.82 Å². The molecule has 0 spiro atoms. The minimum atomic E-state index is -0.0556. The van der Waals surface area contributed by atoms with Gasteiger partial charge < -0.3 is 0 Å². The summed E-state index contributed by atoms with van der Waals surface area (Å²) in [6.45, 7) is 1.51. The molecular formula is C3H6AsN2O. The average Bonchev–Trinajstić information content (AvgIpc) is 1.91. The van der Waals surface area contributed by atoms with Crippen LogP contribution in [0.15, 0.2) is 0 Å². The summed E-state index contributed by atoms with van der Waals surface area (Å²) in [4.78, 5) is 10.3. The molecule has 0 aromatic rings. The van der Waals surface area contributed by atoms with Crippen LogP contribution in [0.5, 0.6) is 0 Å². The molecule has 0 aromatic heterocycles. The summed E-state index contributed by atoms with van der Waals surface area (Å²) in [6, 6.07) is -0.0556. The summed E-state index contributed by atoms with van der Waals surface area (Å²) in [5.41, 5.74) is 0. The van der Waals surface area contributed by atoms with Gasteiger partial charge in [0, 0.05) is 0 Å². The molecular weight excluding hydrogens is 155 g/mol. The van der Waals surface area contributed by atoms with Crippen molar-refractivity contribution < 1.29 is 4.79 Å². The number of nitrogens with zero attached hydrogens (tertiary/aromatic N) is 2. The quantitative estimate of drug-likeness (QED) is 0.401.